The van der Waals surface area contributed by atoms with Gasteiger partial charge in [0.25, 0.3) is 11.7 Å². The number of hydrogen-bond acceptors (Lipinski definition) is 3. The molecule has 1 aliphatic heterocycles. The van der Waals surface area contributed by atoms with Crippen molar-refractivity contribution in [2.45, 2.75) is 6.54 Å². The molecule has 4 rings (SSSR count). The van der Waals surface area contributed by atoms with Crippen LogP contribution in [-0.4, -0.2) is 50.6 Å². The van der Waals surface area contributed by atoms with Crippen LogP contribution >= 0.6 is 11.6 Å². The number of benzene rings is 1. The van der Waals surface area contributed by atoms with Gasteiger partial charge in [0.15, 0.2) is 6.54 Å². The number of amides is 1. The van der Waals surface area contributed by atoms with Gasteiger partial charge in [0.2, 0.25) is 0 Å². The van der Waals surface area contributed by atoms with Gasteiger partial charge in [0, 0.05) is 23.7 Å². The fraction of sp³-hybridized carbons (Fsp3) is 0.304. The predicted octanol–water partition coefficient (Wildman–Crippen LogP) is 1.78. The summed E-state index contributed by atoms with van der Waals surface area (Å²) in [6.07, 6.45) is 1.94. The van der Waals surface area contributed by atoms with E-state index in [0.717, 1.165) is 49.1 Å². The van der Waals surface area contributed by atoms with Crippen LogP contribution in [0, 0.1) is 0 Å². The van der Waals surface area contributed by atoms with E-state index in [9.17, 15) is 4.79 Å². The first-order valence-corrected chi connectivity index (χ1v) is 10.6. The summed E-state index contributed by atoms with van der Waals surface area (Å²) < 4.78 is 5.93. The van der Waals surface area contributed by atoms with Gasteiger partial charge in [0.1, 0.15) is 37.7 Å². The average molecular weight is 427 g/mol. The second-order valence-electron chi connectivity index (χ2n) is 7.68. The largest absolute Gasteiger partial charge is 0.459 e. The van der Waals surface area contributed by atoms with Crippen molar-refractivity contribution in [1.29, 1.82) is 0 Å². The Labute approximate surface area is 181 Å². The molecule has 0 aliphatic carbocycles. The Morgan fingerprint density at radius 2 is 1.90 bits per heavy atom. The number of pyridine rings is 1. The van der Waals surface area contributed by atoms with Crippen LogP contribution < -0.4 is 14.8 Å². The van der Waals surface area contributed by atoms with E-state index in [1.165, 1.54) is 4.90 Å². The van der Waals surface area contributed by atoms with E-state index >= 15 is 0 Å². The van der Waals surface area contributed by atoms with E-state index in [-0.39, 0.29) is 5.91 Å². The highest BCUT2D eigenvalue weighted by atomic mass is 35.5. The Morgan fingerprint density at radius 3 is 2.60 bits per heavy atom. The third-order valence-corrected chi connectivity index (χ3v) is 5.77. The number of nitrogens with zero attached hydrogens (tertiary/aromatic N) is 2. The molecule has 1 aromatic carbocycles. The van der Waals surface area contributed by atoms with Crippen molar-refractivity contribution in [1.82, 2.24) is 4.90 Å². The van der Waals surface area contributed by atoms with Gasteiger partial charge in [0.05, 0.1) is 12.7 Å². The van der Waals surface area contributed by atoms with Crippen molar-refractivity contribution in [3.05, 3.63) is 71.6 Å². The van der Waals surface area contributed by atoms with Crippen LogP contribution in [-0.2, 0) is 11.3 Å². The Bertz CT molecular complexity index is 966. The molecule has 0 atom stereocenters. The molecule has 1 amide bonds. The first kappa shape index (κ1) is 20.4. The molecular formula is C23H27ClN4O2+2. The third-order valence-electron chi connectivity index (χ3n) is 5.51. The topological polar surface area (TPSA) is 55.3 Å². The lowest BCUT2D eigenvalue weighted by Gasteiger charge is -2.29. The molecule has 0 saturated carbocycles. The first-order valence-electron chi connectivity index (χ1n) is 10.2. The SMILES string of the molecule is CN(Cc1ccc(-c2ccc(Cl)cc2)o1)C(=O)C[NH+]1CCN(c2cccc[nH+]2)CC1. The van der Waals surface area contributed by atoms with Crippen molar-refractivity contribution >= 4 is 23.3 Å². The number of anilines is 1. The molecule has 1 saturated heterocycles. The van der Waals surface area contributed by atoms with Crippen LogP contribution in [0.1, 0.15) is 5.76 Å². The van der Waals surface area contributed by atoms with E-state index in [2.05, 4.69) is 16.0 Å². The molecule has 0 bridgehead atoms. The lowest BCUT2D eigenvalue weighted by molar-refractivity contribution is -0.892. The molecule has 3 heterocycles. The van der Waals surface area contributed by atoms with E-state index in [1.54, 1.807) is 4.90 Å². The Hall–Kier alpha value is -2.83. The number of likely N-dealkylation sites (N-methyl/N-ethyl adjacent to an activating group) is 1. The van der Waals surface area contributed by atoms with Crippen LogP contribution in [0.25, 0.3) is 11.3 Å². The summed E-state index contributed by atoms with van der Waals surface area (Å²) in [5.41, 5.74) is 0.970. The minimum absolute atomic E-state index is 0.133. The Kier molecular flexibility index (Phi) is 6.35. The van der Waals surface area contributed by atoms with Crippen LogP contribution in [0.5, 0.6) is 0 Å². The highest BCUT2D eigenvalue weighted by molar-refractivity contribution is 6.30. The molecule has 2 aromatic heterocycles. The van der Waals surface area contributed by atoms with Gasteiger partial charge in [-0.05, 0) is 42.5 Å². The summed E-state index contributed by atoms with van der Waals surface area (Å²) in [5, 5.41) is 0.695. The van der Waals surface area contributed by atoms with Crippen molar-refractivity contribution < 1.29 is 19.1 Å². The number of quaternary nitrogens is 1. The number of nitrogens with one attached hydrogen (secondary N) is 2. The van der Waals surface area contributed by atoms with Crippen molar-refractivity contribution in [3.8, 4) is 11.3 Å². The highest BCUT2D eigenvalue weighted by Crippen LogP contribution is 2.24. The minimum Gasteiger partial charge on any atom is -0.459 e. The van der Waals surface area contributed by atoms with Gasteiger partial charge in [-0.25, -0.2) is 4.98 Å². The number of rotatable bonds is 6. The molecule has 156 valence electrons. The second kappa shape index (κ2) is 9.32. The second-order valence-corrected chi connectivity index (χ2v) is 8.12. The maximum atomic E-state index is 12.7. The number of aromatic amines is 1. The zero-order chi connectivity index (χ0) is 20.9. The van der Waals surface area contributed by atoms with Crippen LogP contribution in [0.2, 0.25) is 5.02 Å². The normalized spacial score (nSPS) is 14.7. The van der Waals surface area contributed by atoms with E-state index in [4.69, 9.17) is 16.0 Å². The molecule has 2 N–H and O–H groups in total. The summed E-state index contributed by atoms with van der Waals surface area (Å²) in [6, 6.07) is 17.5. The van der Waals surface area contributed by atoms with Crippen molar-refractivity contribution in [3.63, 3.8) is 0 Å². The zero-order valence-electron chi connectivity index (χ0n) is 17.1. The summed E-state index contributed by atoms with van der Waals surface area (Å²) in [5.74, 6) is 2.82. The lowest BCUT2D eigenvalue weighted by atomic mass is 10.2. The quantitative estimate of drug-likeness (QED) is 0.653. The third kappa shape index (κ3) is 5.01. The summed E-state index contributed by atoms with van der Waals surface area (Å²) in [4.78, 5) is 21.4. The van der Waals surface area contributed by atoms with Gasteiger partial charge < -0.3 is 14.2 Å². The summed E-state index contributed by atoms with van der Waals surface area (Å²) in [6.45, 7) is 4.75. The van der Waals surface area contributed by atoms with E-state index in [1.807, 2.05) is 61.8 Å². The molecule has 7 heteroatoms. The maximum Gasteiger partial charge on any atom is 0.277 e. The molecule has 0 spiro atoms. The monoisotopic (exact) mass is 426 g/mol. The number of hydrogen-bond donors (Lipinski definition) is 1. The fourth-order valence-corrected chi connectivity index (χ4v) is 3.85. The van der Waals surface area contributed by atoms with Gasteiger partial charge >= 0.3 is 0 Å². The molecule has 6 nitrogen and oxygen atoms in total. The summed E-state index contributed by atoms with van der Waals surface area (Å²) in [7, 11) is 1.83. The van der Waals surface area contributed by atoms with Crippen LogP contribution in [0.15, 0.2) is 65.2 Å². The number of piperazine rings is 1. The number of aromatic nitrogens is 1. The molecule has 0 radical (unpaired) electrons. The van der Waals surface area contributed by atoms with Gasteiger partial charge in [-0.15, -0.1) is 0 Å². The van der Waals surface area contributed by atoms with E-state index in [0.29, 0.717) is 18.1 Å². The fourth-order valence-electron chi connectivity index (χ4n) is 3.72. The zero-order valence-corrected chi connectivity index (χ0v) is 17.9. The number of carbonyl (C=O) groups excluding carboxylic acids is 1. The van der Waals surface area contributed by atoms with Crippen LogP contribution in [0.4, 0.5) is 5.82 Å². The van der Waals surface area contributed by atoms with Gasteiger partial charge in [-0.2, -0.15) is 0 Å². The smallest absolute Gasteiger partial charge is 0.277 e. The standard InChI is InChI=1S/C23H25ClN4O2/c1-26(16-20-9-10-21(30-20)18-5-7-19(24)8-6-18)23(29)17-27-12-14-28(15-13-27)22-4-2-3-11-25-22/h2-11H,12-17H2,1H3/p+2. The number of furan rings is 1. The molecule has 3 aromatic rings. The molecule has 1 fully saturated rings. The molecule has 1 aliphatic rings. The number of carbonyl (C=O) groups is 1. The van der Waals surface area contributed by atoms with Gasteiger partial charge in [-0.1, -0.05) is 17.7 Å². The predicted molar refractivity (Wildman–Crippen MR) is 116 cm³/mol. The number of halogens is 1. The maximum absolute atomic E-state index is 12.7. The van der Waals surface area contributed by atoms with E-state index < -0.39 is 0 Å². The Morgan fingerprint density at radius 1 is 1.13 bits per heavy atom. The summed E-state index contributed by atoms with van der Waals surface area (Å²) >= 11 is 5.95. The first-order chi connectivity index (χ1) is 14.6. The van der Waals surface area contributed by atoms with Crippen molar-refractivity contribution in [2.24, 2.45) is 0 Å². The Balaban J connectivity index is 1.27. The lowest BCUT2D eigenvalue weighted by Crippen LogP contribution is -3.15. The molecule has 30 heavy (non-hydrogen) atoms. The van der Waals surface area contributed by atoms with Gasteiger partial charge in [-0.3, -0.25) is 9.69 Å². The minimum atomic E-state index is 0.133. The molecular weight excluding hydrogens is 400 g/mol. The van der Waals surface area contributed by atoms with Crippen molar-refractivity contribution in [2.75, 3.05) is 44.7 Å². The highest BCUT2D eigenvalue weighted by Gasteiger charge is 2.28. The average Bonchev–Trinajstić information content (AvgIpc) is 3.24. The molecule has 0 unspecified atom stereocenters. The number of H-pyrrole nitrogens is 1. The van der Waals surface area contributed by atoms with Crippen LogP contribution in [0.3, 0.4) is 0 Å².